The molecular formula is C12H16F2N2O2. The zero-order chi connectivity index (χ0) is 13.9. The molecule has 0 atom stereocenters. The molecule has 1 rings (SSSR count). The van der Waals surface area contributed by atoms with Crippen LogP contribution in [0.25, 0.3) is 0 Å². The van der Waals surface area contributed by atoms with Crippen molar-refractivity contribution in [3.63, 3.8) is 0 Å². The van der Waals surface area contributed by atoms with Gasteiger partial charge in [0.1, 0.15) is 17.3 Å². The number of anilines is 1. The van der Waals surface area contributed by atoms with Crippen LogP contribution in [0.2, 0.25) is 0 Å². The summed E-state index contributed by atoms with van der Waals surface area (Å²) in [5, 5.41) is 2.53. The number of hydrogen-bond donors (Lipinski definition) is 2. The molecular weight excluding hydrogens is 242 g/mol. The summed E-state index contributed by atoms with van der Waals surface area (Å²) < 4.78 is 31.4. The third-order valence-corrected chi connectivity index (χ3v) is 2.57. The zero-order valence-electron chi connectivity index (χ0n) is 10.5. The monoisotopic (exact) mass is 258 g/mol. The lowest BCUT2D eigenvalue weighted by Gasteiger charge is -2.23. The van der Waals surface area contributed by atoms with Gasteiger partial charge in [0.25, 0.3) is 5.91 Å². The number of nitrogens with two attached hydrogens (primary N) is 1. The Hall–Kier alpha value is -1.69. The van der Waals surface area contributed by atoms with E-state index >= 15 is 0 Å². The van der Waals surface area contributed by atoms with Crippen molar-refractivity contribution in [1.29, 1.82) is 0 Å². The van der Waals surface area contributed by atoms with Gasteiger partial charge in [-0.15, -0.1) is 0 Å². The molecule has 0 saturated carbocycles. The van der Waals surface area contributed by atoms with Gasteiger partial charge in [0.15, 0.2) is 0 Å². The molecule has 1 amide bonds. The molecule has 18 heavy (non-hydrogen) atoms. The van der Waals surface area contributed by atoms with Gasteiger partial charge in [-0.05, 0) is 26.0 Å². The van der Waals surface area contributed by atoms with E-state index in [0.717, 1.165) is 12.1 Å². The molecule has 1 aromatic carbocycles. The number of benzene rings is 1. The number of amides is 1. The Morgan fingerprint density at radius 1 is 1.39 bits per heavy atom. The normalized spacial score (nSPS) is 11.4. The molecule has 0 radical (unpaired) electrons. The van der Waals surface area contributed by atoms with Gasteiger partial charge in [0, 0.05) is 19.2 Å². The van der Waals surface area contributed by atoms with Gasteiger partial charge in [-0.2, -0.15) is 0 Å². The minimum Gasteiger partial charge on any atom is -0.394 e. The van der Waals surface area contributed by atoms with Crippen molar-refractivity contribution in [3.05, 3.63) is 29.3 Å². The zero-order valence-corrected chi connectivity index (χ0v) is 10.5. The lowest BCUT2D eigenvalue weighted by atomic mass is 10.1. The number of carbonyl (C=O) groups excluding carboxylic acids is 1. The van der Waals surface area contributed by atoms with E-state index in [-0.39, 0.29) is 12.1 Å². The maximum absolute atomic E-state index is 13.2. The summed E-state index contributed by atoms with van der Waals surface area (Å²) in [6, 6.07) is 1.79. The summed E-state index contributed by atoms with van der Waals surface area (Å²) in [4.78, 5) is 11.7. The first-order valence-electron chi connectivity index (χ1n) is 5.34. The van der Waals surface area contributed by atoms with Crippen LogP contribution in [0, 0.1) is 11.6 Å². The molecule has 0 spiro atoms. The molecule has 3 N–H and O–H groups in total. The van der Waals surface area contributed by atoms with Crippen LogP contribution < -0.4 is 11.1 Å². The van der Waals surface area contributed by atoms with Crippen LogP contribution in [0.5, 0.6) is 0 Å². The Balaban J connectivity index is 2.80. The predicted octanol–water partition coefficient (Wildman–Crippen LogP) is 1.70. The molecule has 0 saturated heterocycles. The van der Waals surface area contributed by atoms with Gasteiger partial charge in [0.2, 0.25) is 0 Å². The fourth-order valence-corrected chi connectivity index (χ4v) is 1.18. The molecule has 0 aliphatic carbocycles. The number of hydrogen-bond acceptors (Lipinski definition) is 3. The second-order valence-corrected chi connectivity index (χ2v) is 4.50. The summed E-state index contributed by atoms with van der Waals surface area (Å²) in [5.74, 6) is -2.49. The summed E-state index contributed by atoms with van der Waals surface area (Å²) in [6.45, 7) is 3.77. The van der Waals surface area contributed by atoms with Crippen molar-refractivity contribution in [2.45, 2.75) is 19.4 Å². The Bertz CT molecular complexity index is 438. The Morgan fingerprint density at radius 2 is 1.89 bits per heavy atom. The fraction of sp³-hybridized carbons (Fsp3) is 0.417. The van der Waals surface area contributed by atoms with Crippen LogP contribution >= 0.6 is 0 Å². The molecule has 0 fully saturated rings. The first-order chi connectivity index (χ1) is 8.26. The molecule has 0 aliphatic rings. The minimum atomic E-state index is -0.953. The van der Waals surface area contributed by atoms with Crippen molar-refractivity contribution in [3.8, 4) is 0 Å². The van der Waals surface area contributed by atoms with Crippen molar-refractivity contribution in [1.82, 2.24) is 5.32 Å². The van der Waals surface area contributed by atoms with Crippen LogP contribution in [-0.4, -0.2) is 25.2 Å². The number of methoxy groups -OCH3 is 1. The van der Waals surface area contributed by atoms with E-state index in [1.807, 2.05) is 0 Å². The van der Waals surface area contributed by atoms with E-state index < -0.39 is 28.8 Å². The molecule has 0 aromatic heterocycles. The van der Waals surface area contributed by atoms with Crippen LogP contribution in [0.1, 0.15) is 24.2 Å². The Morgan fingerprint density at radius 3 is 2.33 bits per heavy atom. The maximum Gasteiger partial charge on any atom is 0.251 e. The maximum atomic E-state index is 13.2. The summed E-state index contributed by atoms with van der Waals surface area (Å²) in [6.07, 6.45) is 0. The van der Waals surface area contributed by atoms with E-state index in [9.17, 15) is 13.6 Å². The fourth-order valence-electron chi connectivity index (χ4n) is 1.18. The molecule has 0 aliphatic heterocycles. The lowest BCUT2D eigenvalue weighted by Crippen LogP contribution is -2.39. The first-order valence-corrected chi connectivity index (χ1v) is 5.34. The topological polar surface area (TPSA) is 64.3 Å². The molecule has 0 bridgehead atoms. The predicted molar refractivity (Wildman–Crippen MR) is 64.2 cm³/mol. The largest absolute Gasteiger partial charge is 0.394 e. The van der Waals surface area contributed by atoms with E-state index in [0.29, 0.717) is 0 Å². The summed E-state index contributed by atoms with van der Waals surface area (Å²) >= 11 is 0. The second-order valence-electron chi connectivity index (χ2n) is 4.50. The molecule has 0 unspecified atom stereocenters. The SMILES string of the molecule is COC(C)(C)CNC(=O)c1cc(F)c(N)c(F)c1. The van der Waals surface area contributed by atoms with Crippen molar-refractivity contribution in [2.75, 3.05) is 19.4 Å². The van der Waals surface area contributed by atoms with Gasteiger partial charge in [-0.1, -0.05) is 0 Å². The average molecular weight is 258 g/mol. The molecule has 0 heterocycles. The van der Waals surface area contributed by atoms with Gasteiger partial charge in [-0.3, -0.25) is 4.79 Å². The molecule has 6 heteroatoms. The minimum absolute atomic E-state index is 0.119. The highest BCUT2D eigenvalue weighted by molar-refractivity contribution is 5.94. The number of nitrogen functional groups attached to an aromatic ring is 1. The van der Waals surface area contributed by atoms with Crippen LogP contribution in [0.4, 0.5) is 14.5 Å². The van der Waals surface area contributed by atoms with Crippen LogP contribution in [0.3, 0.4) is 0 Å². The Kier molecular flexibility index (Phi) is 4.24. The summed E-state index contributed by atoms with van der Waals surface area (Å²) in [7, 11) is 1.51. The molecule has 1 aromatic rings. The summed E-state index contributed by atoms with van der Waals surface area (Å²) in [5.41, 5.74) is 3.85. The first kappa shape index (κ1) is 14.4. The third kappa shape index (κ3) is 3.40. The lowest BCUT2D eigenvalue weighted by molar-refractivity contribution is 0.0228. The second kappa shape index (κ2) is 5.30. The van der Waals surface area contributed by atoms with Gasteiger partial charge in [-0.25, -0.2) is 8.78 Å². The van der Waals surface area contributed by atoms with E-state index in [1.165, 1.54) is 7.11 Å². The van der Waals surface area contributed by atoms with E-state index in [1.54, 1.807) is 13.8 Å². The number of nitrogens with one attached hydrogen (secondary N) is 1. The number of rotatable bonds is 4. The number of carbonyl (C=O) groups is 1. The van der Waals surface area contributed by atoms with E-state index in [2.05, 4.69) is 5.32 Å². The van der Waals surface area contributed by atoms with Gasteiger partial charge >= 0.3 is 0 Å². The number of ether oxygens (including phenoxy) is 1. The highest BCUT2D eigenvalue weighted by atomic mass is 19.1. The smallest absolute Gasteiger partial charge is 0.251 e. The highest BCUT2D eigenvalue weighted by Gasteiger charge is 2.19. The van der Waals surface area contributed by atoms with Crippen LogP contribution in [-0.2, 0) is 4.74 Å². The Labute approximate surface area is 104 Å². The molecule has 100 valence electrons. The van der Waals surface area contributed by atoms with Gasteiger partial charge in [0.05, 0.1) is 5.60 Å². The number of halogens is 2. The van der Waals surface area contributed by atoms with E-state index in [4.69, 9.17) is 10.5 Å². The van der Waals surface area contributed by atoms with Gasteiger partial charge < -0.3 is 15.8 Å². The quantitative estimate of drug-likeness (QED) is 0.808. The van der Waals surface area contributed by atoms with Crippen LogP contribution in [0.15, 0.2) is 12.1 Å². The highest BCUT2D eigenvalue weighted by Crippen LogP contribution is 2.17. The standard InChI is InChI=1S/C12H16F2N2O2/c1-12(2,18-3)6-16-11(17)7-4-8(13)10(15)9(14)5-7/h4-5H,6,15H2,1-3H3,(H,16,17). The third-order valence-electron chi connectivity index (χ3n) is 2.57. The van der Waals surface area contributed by atoms with Crippen molar-refractivity contribution in [2.24, 2.45) is 0 Å². The van der Waals surface area contributed by atoms with Crippen molar-refractivity contribution >= 4 is 11.6 Å². The average Bonchev–Trinajstić information content (AvgIpc) is 2.32. The van der Waals surface area contributed by atoms with Crippen molar-refractivity contribution < 1.29 is 18.3 Å². The molecule has 4 nitrogen and oxygen atoms in total.